The van der Waals surface area contributed by atoms with Crippen molar-refractivity contribution >= 4 is 33.2 Å². The standard InChI is InChI=1S/C25H34N4O6S/c1-5-23(25(31)26-17-19(2)3)27(15-14-20-10-7-6-8-11-20)24(30)18-28(36(4,34)35)21-12-9-13-22(16-21)29(32)33/h6-13,16,19,23H,5,14-15,17-18H2,1-4H3,(H,26,31). The van der Waals surface area contributed by atoms with E-state index in [1.54, 1.807) is 6.92 Å². The van der Waals surface area contributed by atoms with Gasteiger partial charge in [0, 0.05) is 25.2 Å². The van der Waals surface area contributed by atoms with Crippen LogP contribution in [-0.2, 0) is 26.0 Å². The number of benzene rings is 2. The smallest absolute Gasteiger partial charge is 0.271 e. The third kappa shape index (κ3) is 8.33. The number of hydrogen-bond acceptors (Lipinski definition) is 6. The summed E-state index contributed by atoms with van der Waals surface area (Å²) in [6, 6.07) is 13.8. The van der Waals surface area contributed by atoms with E-state index in [0.717, 1.165) is 22.2 Å². The van der Waals surface area contributed by atoms with Gasteiger partial charge < -0.3 is 10.2 Å². The van der Waals surface area contributed by atoms with Crippen LogP contribution in [0.2, 0.25) is 0 Å². The number of rotatable bonds is 13. The molecule has 0 aromatic heterocycles. The molecule has 2 rings (SSSR count). The number of anilines is 1. The number of sulfonamides is 1. The molecule has 196 valence electrons. The Morgan fingerprint density at radius 1 is 1.08 bits per heavy atom. The number of non-ortho nitro benzene ring substituents is 1. The average molecular weight is 519 g/mol. The van der Waals surface area contributed by atoms with E-state index in [0.29, 0.717) is 19.4 Å². The lowest BCUT2D eigenvalue weighted by Gasteiger charge is -2.33. The summed E-state index contributed by atoms with van der Waals surface area (Å²) in [5, 5.41) is 14.1. The van der Waals surface area contributed by atoms with Crippen LogP contribution < -0.4 is 9.62 Å². The monoisotopic (exact) mass is 518 g/mol. The fourth-order valence-corrected chi connectivity index (χ4v) is 4.54. The van der Waals surface area contributed by atoms with E-state index >= 15 is 0 Å². The highest BCUT2D eigenvalue weighted by molar-refractivity contribution is 7.92. The van der Waals surface area contributed by atoms with Gasteiger partial charge in [0.2, 0.25) is 21.8 Å². The molecular weight excluding hydrogens is 484 g/mol. The SMILES string of the molecule is CCC(C(=O)NCC(C)C)N(CCc1ccccc1)C(=O)CN(c1cccc([N+](=O)[O-])c1)S(C)(=O)=O. The number of nitro groups is 1. The lowest BCUT2D eigenvalue weighted by molar-refractivity contribution is -0.384. The third-order valence-corrected chi connectivity index (χ3v) is 6.70. The predicted molar refractivity (Wildman–Crippen MR) is 139 cm³/mol. The van der Waals surface area contributed by atoms with Crippen LogP contribution >= 0.6 is 0 Å². The molecule has 2 aromatic carbocycles. The molecule has 0 aliphatic rings. The zero-order valence-corrected chi connectivity index (χ0v) is 21.9. The molecule has 0 spiro atoms. The first-order valence-corrected chi connectivity index (χ1v) is 13.6. The van der Waals surface area contributed by atoms with E-state index in [1.807, 2.05) is 44.2 Å². The van der Waals surface area contributed by atoms with Gasteiger partial charge in [0.15, 0.2) is 0 Å². The van der Waals surface area contributed by atoms with Crippen molar-refractivity contribution in [3.8, 4) is 0 Å². The van der Waals surface area contributed by atoms with Gasteiger partial charge in [0.1, 0.15) is 12.6 Å². The Morgan fingerprint density at radius 2 is 1.75 bits per heavy atom. The average Bonchev–Trinajstić information content (AvgIpc) is 2.83. The van der Waals surface area contributed by atoms with Crippen LogP contribution in [0.25, 0.3) is 0 Å². The largest absolute Gasteiger partial charge is 0.354 e. The normalized spacial score (nSPS) is 12.1. The summed E-state index contributed by atoms with van der Waals surface area (Å²) in [5.41, 5.74) is 0.667. The van der Waals surface area contributed by atoms with Gasteiger partial charge in [-0.15, -0.1) is 0 Å². The molecule has 0 radical (unpaired) electrons. The number of nitrogens with one attached hydrogen (secondary N) is 1. The topological polar surface area (TPSA) is 130 Å². The van der Waals surface area contributed by atoms with Crippen LogP contribution in [0.5, 0.6) is 0 Å². The fraction of sp³-hybridized carbons (Fsp3) is 0.440. The molecule has 0 saturated heterocycles. The molecule has 0 saturated carbocycles. The zero-order chi connectivity index (χ0) is 26.9. The summed E-state index contributed by atoms with van der Waals surface area (Å²) in [6.07, 6.45) is 1.73. The van der Waals surface area contributed by atoms with Crippen LogP contribution in [0.1, 0.15) is 32.8 Å². The van der Waals surface area contributed by atoms with Crippen molar-refractivity contribution in [3.05, 3.63) is 70.3 Å². The van der Waals surface area contributed by atoms with E-state index in [-0.39, 0.29) is 29.7 Å². The van der Waals surface area contributed by atoms with Crippen LogP contribution in [0.3, 0.4) is 0 Å². The summed E-state index contributed by atoms with van der Waals surface area (Å²) >= 11 is 0. The highest BCUT2D eigenvalue weighted by Crippen LogP contribution is 2.23. The van der Waals surface area contributed by atoms with Gasteiger partial charge >= 0.3 is 0 Å². The maximum Gasteiger partial charge on any atom is 0.271 e. The van der Waals surface area contributed by atoms with Crippen molar-refractivity contribution in [3.63, 3.8) is 0 Å². The lowest BCUT2D eigenvalue weighted by atomic mass is 10.1. The molecule has 2 aromatic rings. The molecule has 11 heteroatoms. The molecule has 0 bridgehead atoms. The molecule has 0 fully saturated rings. The Labute approximate surface area is 212 Å². The number of nitrogens with zero attached hydrogens (tertiary/aromatic N) is 3. The summed E-state index contributed by atoms with van der Waals surface area (Å²) < 4.78 is 26.0. The zero-order valence-electron chi connectivity index (χ0n) is 21.1. The number of amides is 2. The predicted octanol–water partition coefficient (Wildman–Crippen LogP) is 2.98. The minimum absolute atomic E-state index is 0.000340. The first kappa shape index (κ1) is 28.8. The number of hydrogen-bond donors (Lipinski definition) is 1. The van der Waals surface area contributed by atoms with E-state index in [4.69, 9.17) is 0 Å². The van der Waals surface area contributed by atoms with Gasteiger partial charge in [-0.2, -0.15) is 0 Å². The van der Waals surface area contributed by atoms with Gasteiger partial charge in [-0.1, -0.05) is 57.2 Å². The Bertz CT molecular complexity index is 1150. The van der Waals surface area contributed by atoms with Crippen molar-refractivity contribution in [1.29, 1.82) is 0 Å². The van der Waals surface area contributed by atoms with Crippen molar-refractivity contribution in [2.75, 3.05) is 30.2 Å². The summed E-state index contributed by atoms with van der Waals surface area (Å²) in [7, 11) is -3.97. The molecule has 10 nitrogen and oxygen atoms in total. The maximum absolute atomic E-state index is 13.6. The minimum atomic E-state index is -3.97. The molecular formula is C25H34N4O6S. The second-order valence-corrected chi connectivity index (χ2v) is 10.8. The first-order valence-electron chi connectivity index (χ1n) is 11.8. The fourth-order valence-electron chi connectivity index (χ4n) is 3.69. The Kier molecular flexibility index (Phi) is 10.4. The second-order valence-electron chi connectivity index (χ2n) is 8.93. The quantitative estimate of drug-likeness (QED) is 0.320. The molecule has 36 heavy (non-hydrogen) atoms. The van der Waals surface area contributed by atoms with Crippen LogP contribution in [0, 0.1) is 16.0 Å². The van der Waals surface area contributed by atoms with Crippen molar-refractivity contribution in [2.24, 2.45) is 5.92 Å². The van der Waals surface area contributed by atoms with Crippen LogP contribution in [-0.4, -0.2) is 62.0 Å². The molecule has 0 aliphatic heterocycles. The van der Waals surface area contributed by atoms with Crippen molar-refractivity contribution in [1.82, 2.24) is 10.2 Å². The molecule has 1 atom stereocenters. The summed E-state index contributed by atoms with van der Waals surface area (Å²) in [5.74, 6) is -0.669. The Hall–Kier alpha value is -3.47. The number of nitro benzene ring substituents is 1. The van der Waals surface area contributed by atoms with Gasteiger partial charge in [-0.05, 0) is 30.4 Å². The van der Waals surface area contributed by atoms with Gasteiger partial charge in [0.05, 0.1) is 16.9 Å². The maximum atomic E-state index is 13.6. The van der Waals surface area contributed by atoms with Crippen molar-refractivity contribution < 1.29 is 22.9 Å². The molecule has 0 aliphatic carbocycles. The Morgan fingerprint density at radius 3 is 2.31 bits per heavy atom. The second kappa shape index (κ2) is 13.0. The molecule has 1 unspecified atom stereocenters. The van der Waals surface area contributed by atoms with Crippen molar-refractivity contribution in [2.45, 2.75) is 39.7 Å². The van der Waals surface area contributed by atoms with Crippen LogP contribution in [0.15, 0.2) is 54.6 Å². The molecule has 1 N–H and O–H groups in total. The number of carbonyl (C=O) groups is 2. The van der Waals surface area contributed by atoms with Gasteiger partial charge in [0.25, 0.3) is 5.69 Å². The first-order chi connectivity index (χ1) is 16.9. The minimum Gasteiger partial charge on any atom is -0.354 e. The van der Waals surface area contributed by atoms with E-state index < -0.39 is 33.4 Å². The Balaban J connectivity index is 2.38. The third-order valence-electron chi connectivity index (χ3n) is 5.56. The van der Waals surface area contributed by atoms with Gasteiger partial charge in [-0.25, -0.2) is 8.42 Å². The number of carbonyl (C=O) groups excluding carboxylic acids is 2. The highest BCUT2D eigenvalue weighted by Gasteiger charge is 2.31. The van der Waals surface area contributed by atoms with Crippen LogP contribution in [0.4, 0.5) is 11.4 Å². The molecule has 0 heterocycles. The summed E-state index contributed by atoms with van der Waals surface area (Å²) in [6.45, 7) is 5.76. The van der Waals surface area contributed by atoms with E-state index in [9.17, 15) is 28.1 Å². The van der Waals surface area contributed by atoms with E-state index in [2.05, 4.69) is 5.32 Å². The van der Waals surface area contributed by atoms with Gasteiger partial charge in [-0.3, -0.25) is 24.0 Å². The van der Waals surface area contributed by atoms with E-state index in [1.165, 1.54) is 23.1 Å². The highest BCUT2D eigenvalue weighted by atomic mass is 32.2. The molecule has 2 amide bonds. The summed E-state index contributed by atoms with van der Waals surface area (Å²) in [4.78, 5) is 38.5. The lowest BCUT2D eigenvalue weighted by Crippen LogP contribution is -2.53.